The Morgan fingerprint density at radius 1 is 1.27 bits per heavy atom. The summed E-state index contributed by atoms with van der Waals surface area (Å²) in [6, 6.07) is 12.3. The van der Waals surface area contributed by atoms with Crippen LogP contribution in [0.2, 0.25) is 0 Å². The Morgan fingerprint density at radius 2 is 2.04 bits per heavy atom. The lowest BCUT2D eigenvalue weighted by atomic mass is 10.1. The van der Waals surface area contributed by atoms with Crippen LogP contribution in [0, 0.1) is 5.82 Å². The Bertz CT molecular complexity index is 877. The van der Waals surface area contributed by atoms with Gasteiger partial charge < -0.3 is 14.6 Å². The molecule has 0 aliphatic rings. The Labute approximate surface area is 151 Å². The normalized spacial score (nSPS) is 11.8. The lowest BCUT2D eigenvalue weighted by Crippen LogP contribution is -2.28. The molecule has 26 heavy (non-hydrogen) atoms. The van der Waals surface area contributed by atoms with Gasteiger partial charge in [-0.15, -0.1) is 0 Å². The molecule has 1 heterocycles. The van der Waals surface area contributed by atoms with Crippen LogP contribution in [0.5, 0.6) is 5.75 Å². The molecule has 1 N–H and O–H groups in total. The second-order valence-electron chi connectivity index (χ2n) is 6.00. The second kappa shape index (κ2) is 7.82. The Balaban J connectivity index is 1.61. The summed E-state index contributed by atoms with van der Waals surface area (Å²) in [6.45, 7) is 1.92. The fraction of sp³-hybridized carbons (Fsp3) is 0.200. The van der Waals surface area contributed by atoms with Gasteiger partial charge in [-0.2, -0.15) is 0 Å². The van der Waals surface area contributed by atoms with E-state index in [1.807, 2.05) is 42.0 Å². The topological polar surface area (TPSA) is 56.1 Å². The van der Waals surface area contributed by atoms with E-state index in [9.17, 15) is 9.18 Å². The van der Waals surface area contributed by atoms with Crippen molar-refractivity contribution in [2.24, 2.45) is 0 Å². The number of aromatic nitrogens is 2. The number of methoxy groups -OCH3 is 1. The molecule has 1 amide bonds. The maximum atomic E-state index is 13.7. The molecule has 1 atom stereocenters. The van der Waals surface area contributed by atoms with Gasteiger partial charge in [-0.25, -0.2) is 9.37 Å². The van der Waals surface area contributed by atoms with Gasteiger partial charge >= 0.3 is 0 Å². The fourth-order valence-corrected chi connectivity index (χ4v) is 2.73. The lowest BCUT2D eigenvalue weighted by molar-refractivity contribution is -0.121. The van der Waals surface area contributed by atoms with Gasteiger partial charge in [0, 0.05) is 18.1 Å². The summed E-state index contributed by atoms with van der Waals surface area (Å²) in [5.74, 6) is -0.470. The van der Waals surface area contributed by atoms with Gasteiger partial charge in [0.25, 0.3) is 0 Å². The van der Waals surface area contributed by atoms with Gasteiger partial charge in [0.05, 0.1) is 25.9 Å². The summed E-state index contributed by atoms with van der Waals surface area (Å²) < 4.78 is 20.5. The van der Waals surface area contributed by atoms with E-state index in [1.54, 1.807) is 18.6 Å². The number of halogens is 1. The van der Waals surface area contributed by atoms with Gasteiger partial charge in [-0.05, 0) is 42.3 Å². The van der Waals surface area contributed by atoms with Crippen LogP contribution in [0.15, 0.2) is 61.2 Å². The molecule has 0 saturated heterocycles. The minimum absolute atomic E-state index is 0.109. The predicted octanol–water partition coefficient (Wildman–Crippen LogP) is 3.44. The van der Waals surface area contributed by atoms with Crippen LogP contribution in [0.4, 0.5) is 4.39 Å². The number of hydrogen-bond donors (Lipinski definition) is 1. The summed E-state index contributed by atoms with van der Waals surface area (Å²) >= 11 is 0. The van der Waals surface area contributed by atoms with Gasteiger partial charge in [-0.1, -0.05) is 18.2 Å². The Hall–Kier alpha value is -3.15. The highest BCUT2D eigenvalue weighted by atomic mass is 19.1. The van der Waals surface area contributed by atoms with Gasteiger partial charge in [0.1, 0.15) is 0 Å². The molecule has 6 heteroatoms. The molecule has 2 aromatic carbocycles. The summed E-state index contributed by atoms with van der Waals surface area (Å²) in [7, 11) is 1.41. The highest BCUT2D eigenvalue weighted by molar-refractivity contribution is 5.79. The fourth-order valence-electron chi connectivity index (χ4n) is 2.73. The first-order valence-corrected chi connectivity index (χ1v) is 8.27. The van der Waals surface area contributed by atoms with Crippen molar-refractivity contribution in [1.82, 2.24) is 14.9 Å². The zero-order valence-corrected chi connectivity index (χ0v) is 14.6. The van der Waals surface area contributed by atoms with Crippen LogP contribution in [0.25, 0.3) is 5.69 Å². The predicted molar refractivity (Wildman–Crippen MR) is 96.8 cm³/mol. The van der Waals surface area contributed by atoms with E-state index in [0.717, 1.165) is 11.3 Å². The SMILES string of the molecule is COc1ccc(CC(=O)NC(C)c2ccc(-n3ccnc3)cc2)cc1F. The first-order valence-electron chi connectivity index (χ1n) is 8.27. The molecule has 0 aliphatic carbocycles. The number of carbonyl (C=O) groups excluding carboxylic acids is 1. The zero-order chi connectivity index (χ0) is 18.5. The molecule has 1 aromatic heterocycles. The average Bonchev–Trinajstić information content (AvgIpc) is 3.16. The smallest absolute Gasteiger partial charge is 0.224 e. The molecule has 0 bridgehead atoms. The molecule has 0 fully saturated rings. The molecule has 5 nitrogen and oxygen atoms in total. The van der Waals surface area contributed by atoms with Crippen LogP contribution in [-0.2, 0) is 11.2 Å². The Kier molecular flexibility index (Phi) is 5.31. The van der Waals surface area contributed by atoms with Crippen molar-refractivity contribution >= 4 is 5.91 Å². The van der Waals surface area contributed by atoms with Crippen LogP contribution in [0.1, 0.15) is 24.1 Å². The van der Waals surface area contributed by atoms with Gasteiger partial charge in [-0.3, -0.25) is 4.79 Å². The molecule has 0 spiro atoms. The summed E-state index contributed by atoms with van der Waals surface area (Å²) in [5.41, 5.74) is 2.59. The van der Waals surface area contributed by atoms with Gasteiger partial charge in [0.2, 0.25) is 5.91 Å². The molecular weight excluding hydrogens is 333 g/mol. The monoisotopic (exact) mass is 353 g/mol. The number of amides is 1. The molecule has 0 saturated carbocycles. The molecular formula is C20H20FN3O2. The molecule has 3 rings (SSSR count). The van der Waals surface area contributed by atoms with Crippen molar-refractivity contribution < 1.29 is 13.9 Å². The van der Waals surface area contributed by atoms with Crippen molar-refractivity contribution in [3.8, 4) is 11.4 Å². The van der Waals surface area contributed by atoms with Crippen molar-refractivity contribution in [3.05, 3.63) is 78.1 Å². The van der Waals surface area contributed by atoms with E-state index in [0.29, 0.717) is 5.56 Å². The van der Waals surface area contributed by atoms with E-state index in [4.69, 9.17) is 4.74 Å². The lowest BCUT2D eigenvalue weighted by Gasteiger charge is -2.15. The number of ether oxygens (including phenoxy) is 1. The van der Waals surface area contributed by atoms with E-state index < -0.39 is 5.82 Å². The van der Waals surface area contributed by atoms with Crippen molar-refractivity contribution in [2.45, 2.75) is 19.4 Å². The van der Waals surface area contributed by atoms with Crippen molar-refractivity contribution in [2.75, 3.05) is 7.11 Å². The molecule has 3 aromatic rings. The summed E-state index contributed by atoms with van der Waals surface area (Å²) in [6.07, 6.45) is 5.43. The van der Waals surface area contributed by atoms with E-state index >= 15 is 0 Å². The third kappa shape index (κ3) is 4.08. The number of rotatable bonds is 6. The Morgan fingerprint density at radius 3 is 2.65 bits per heavy atom. The third-order valence-electron chi connectivity index (χ3n) is 4.15. The number of benzene rings is 2. The number of carbonyl (C=O) groups is 1. The number of nitrogens with one attached hydrogen (secondary N) is 1. The maximum Gasteiger partial charge on any atom is 0.224 e. The van der Waals surface area contributed by atoms with E-state index in [2.05, 4.69) is 10.3 Å². The minimum atomic E-state index is -0.471. The zero-order valence-electron chi connectivity index (χ0n) is 14.6. The molecule has 1 unspecified atom stereocenters. The number of imidazole rings is 1. The van der Waals surface area contributed by atoms with Gasteiger partial charge in [0.15, 0.2) is 11.6 Å². The number of hydrogen-bond acceptors (Lipinski definition) is 3. The average molecular weight is 353 g/mol. The third-order valence-corrected chi connectivity index (χ3v) is 4.15. The van der Waals surface area contributed by atoms with Crippen molar-refractivity contribution in [3.63, 3.8) is 0 Å². The minimum Gasteiger partial charge on any atom is -0.494 e. The van der Waals surface area contributed by atoms with Crippen LogP contribution in [-0.4, -0.2) is 22.6 Å². The number of nitrogens with zero attached hydrogens (tertiary/aromatic N) is 2. The van der Waals surface area contributed by atoms with Crippen LogP contribution >= 0.6 is 0 Å². The first-order chi connectivity index (χ1) is 12.6. The molecule has 0 radical (unpaired) electrons. The first kappa shape index (κ1) is 17.7. The summed E-state index contributed by atoms with van der Waals surface area (Å²) in [4.78, 5) is 16.3. The maximum absolute atomic E-state index is 13.7. The van der Waals surface area contributed by atoms with Crippen LogP contribution < -0.4 is 10.1 Å². The summed E-state index contributed by atoms with van der Waals surface area (Å²) in [5, 5.41) is 2.94. The van der Waals surface area contributed by atoms with E-state index in [1.165, 1.54) is 19.2 Å². The molecule has 0 aliphatic heterocycles. The van der Waals surface area contributed by atoms with Crippen molar-refractivity contribution in [1.29, 1.82) is 0 Å². The second-order valence-corrected chi connectivity index (χ2v) is 6.00. The standard InChI is InChI=1S/C20H20FN3O2/c1-14(16-4-6-17(7-5-16)24-10-9-22-13-24)23-20(25)12-15-3-8-19(26-2)18(21)11-15/h3-11,13-14H,12H2,1-2H3,(H,23,25). The van der Waals surface area contributed by atoms with E-state index in [-0.39, 0.29) is 24.1 Å². The molecule has 134 valence electrons. The highest BCUT2D eigenvalue weighted by Crippen LogP contribution is 2.19. The largest absolute Gasteiger partial charge is 0.494 e. The quantitative estimate of drug-likeness (QED) is 0.739. The van der Waals surface area contributed by atoms with Crippen LogP contribution in [0.3, 0.4) is 0 Å². The highest BCUT2D eigenvalue weighted by Gasteiger charge is 2.12.